The molecule has 0 saturated carbocycles. The number of hydrogen-bond acceptors (Lipinski definition) is 4. The van der Waals surface area contributed by atoms with Crippen molar-refractivity contribution in [3.8, 4) is 12.3 Å². The van der Waals surface area contributed by atoms with Crippen LogP contribution in [0.2, 0.25) is 0 Å². The van der Waals surface area contributed by atoms with E-state index >= 15 is 0 Å². The summed E-state index contributed by atoms with van der Waals surface area (Å²) >= 11 is 1.50. The Bertz CT molecular complexity index is 915. The zero-order valence-corrected chi connectivity index (χ0v) is 14.5. The van der Waals surface area contributed by atoms with Gasteiger partial charge in [0.2, 0.25) is 0 Å². The first-order valence-corrected chi connectivity index (χ1v) is 8.58. The quantitative estimate of drug-likeness (QED) is 0.567. The van der Waals surface area contributed by atoms with Gasteiger partial charge in [-0.2, -0.15) is 5.10 Å². The number of anilines is 1. The number of hydrogen-bond donors (Lipinski definition) is 1. The van der Waals surface area contributed by atoms with E-state index in [1.807, 2.05) is 48.5 Å². The number of carbonyl (C=O) groups excluding carboxylic acids is 1. The molecule has 5 nitrogen and oxygen atoms in total. The number of rotatable bonds is 5. The lowest BCUT2D eigenvalue weighted by molar-refractivity contribution is 0.0992. The Balaban J connectivity index is 1.82. The molecule has 1 heterocycles. The number of aromatic nitrogens is 3. The van der Waals surface area contributed by atoms with E-state index in [-0.39, 0.29) is 5.91 Å². The van der Waals surface area contributed by atoms with Gasteiger partial charge in [0.1, 0.15) is 6.33 Å². The number of thioether (sulfide) groups is 1. The highest BCUT2D eigenvalue weighted by molar-refractivity contribution is 7.98. The molecule has 0 saturated heterocycles. The lowest BCUT2D eigenvalue weighted by atomic mass is 10.1. The molecule has 1 aromatic heterocycles. The van der Waals surface area contributed by atoms with Gasteiger partial charge in [0.05, 0.1) is 0 Å². The standard InChI is InChI=1S/C19H16N4OS/c1-3-14-7-6-9-16(11-14)23(2)18(24)17-10-5-4-8-15(17)12-25-19-20-13-21-22-19/h1,4-11,13H,12H2,2H3,(H,20,21,22). The van der Waals surface area contributed by atoms with Gasteiger partial charge in [-0.25, -0.2) is 4.98 Å². The molecule has 0 aliphatic carbocycles. The first kappa shape index (κ1) is 16.8. The average Bonchev–Trinajstić information content (AvgIpc) is 3.19. The van der Waals surface area contributed by atoms with Gasteiger partial charge in [-0.15, -0.1) is 6.42 Å². The van der Waals surface area contributed by atoms with E-state index in [2.05, 4.69) is 21.1 Å². The first-order chi connectivity index (χ1) is 12.2. The predicted octanol–water partition coefficient (Wildman–Crippen LogP) is 3.35. The molecule has 1 N–H and O–H groups in total. The summed E-state index contributed by atoms with van der Waals surface area (Å²) in [5.41, 5.74) is 3.10. The maximum Gasteiger partial charge on any atom is 0.258 e. The topological polar surface area (TPSA) is 61.9 Å². The van der Waals surface area contributed by atoms with E-state index in [0.29, 0.717) is 11.3 Å². The van der Waals surface area contributed by atoms with Crippen molar-refractivity contribution in [2.75, 3.05) is 11.9 Å². The zero-order chi connectivity index (χ0) is 17.6. The van der Waals surface area contributed by atoms with Crippen LogP contribution in [0.5, 0.6) is 0 Å². The number of nitrogens with zero attached hydrogens (tertiary/aromatic N) is 3. The molecule has 6 heteroatoms. The second kappa shape index (κ2) is 7.69. The normalized spacial score (nSPS) is 10.2. The molecular weight excluding hydrogens is 332 g/mol. The minimum Gasteiger partial charge on any atom is -0.311 e. The molecule has 2 aromatic carbocycles. The van der Waals surface area contributed by atoms with Crippen LogP contribution in [0.1, 0.15) is 21.5 Å². The van der Waals surface area contributed by atoms with Crippen LogP contribution in [0, 0.1) is 12.3 Å². The highest BCUT2D eigenvalue weighted by Crippen LogP contribution is 2.24. The monoisotopic (exact) mass is 348 g/mol. The van der Waals surface area contributed by atoms with E-state index in [1.165, 1.54) is 18.1 Å². The van der Waals surface area contributed by atoms with Gasteiger partial charge in [0.25, 0.3) is 5.91 Å². The fourth-order valence-corrected chi connectivity index (χ4v) is 3.15. The molecule has 25 heavy (non-hydrogen) atoms. The first-order valence-electron chi connectivity index (χ1n) is 7.60. The molecule has 0 fully saturated rings. The molecule has 3 rings (SSSR count). The molecule has 0 aliphatic heterocycles. The van der Waals surface area contributed by atoms with Crippen molar-refractivity contribution in [3.63, 3.8) is 0 Å². The second-order valence-electron chi connectivity index (χ2n) is 5.30. The SMILES string of the molecule is C#Cc1cccc(N(C)C(=O)c2ccccc2CSc2ncn[nH]2)c1. The molecule has 0 radical (unpaired) electrons. The minimum atomic E-state index is -0.0806. The maximum atomic E-state index is 13.0. The van der Waals surface area contributed by atoms with E-state index in [0.717, 1.165) is 22.0 Å². The average molecular weight is 348 g/mol. The lowest BCUT2D eigenvalue weighted by Gasteiger charge is -2.19. The minimum absolute atomic E-state index is 0.0806. The summed E-state index contributed by atoms with van der Waals surface area (Å²) in [7, 11) is 1.75. The Labute approximate surface area is 150 Å². The smallest absolute Gasteiger partial charge is 0.258 e. The summed E-state index contributed by atoms with van der Waals surface area (Å²) < 4.78 is 0. The van der Waals surface area contributed by atoms with Gasteiger partial charge < -0.3 is 4.90 Å². The van der Waals surface area contributed by atoms with Crippen LogP contribution >= 0.6 is 11.8 Å². The Hall–Kier alpha value is -3.04. The van der Waals surface area contributed by atoms with Crippen molar-refractivity contribution >= 4 is 23.4 Å². The molecule has 3 aromatic rings. The summed E-state index contributed by atoms with van der Waals surface area (Å²) in [5.74, 6) is 3.13. The number of terminal acetylenes is 1. The van der Waals surface area contributed by atoms with Gasteiger partial charge in [0, 0.05) is 29.6 Å². The van der Waals surface area contributed by atoms with Gasteiger partial charge >= 0.3 is 0 Å². The predicted molar refractivity (Wildman–Crippen MR) is 99.5 cm³/mol. The van der Waals surface area contributed by atoms with Crippen LogP contribution in [0.3, 0.4) is 0 Å². The fourth-order valence-electron chi connectivity index (χ4n) is 2.37. The second-order valence-corrected chi connectivity index (χ2v) is 6.26. The molecule has 0 aliphatic rings. The van der Waals surface area contributed by atoms with E-state index in [9.17, 15) is 4.79 Å². The summed E-state index contributed by atoms with van der Waals surface area (Å²) in [5, 5.41) is 7.35. The number of nitrogens with one attached hydrogen (secondary N) is 1. The van der Waals surface area contributed by atoms with Crippen LogP contribution in [0.25, 0.3) is 0 Å². The molecular formula is C19H16N4OS. The maximum absolute atomic E-state index is 13.0. The summed E-state index contributed by atoms with van der Waals surface area (Å²) in [6, 6.07) is 14.9. The van der Waals surface area contributed by atoms with Crippen molar-refractivity contribution in [3.05, 3.63) is 71.5 Å². The van der Waals surface area contributed by atoms with Crippen molar-refractivity contribution in [2.45, 2.75) is 10.9 Å². The van der Waals surface area contributed by atoms with Crippen LogP contribution in [-0.4, -0.2) is 28.1 Å². The van der Waals surface area contributed by atoms with Gasteiger partial charge in [-0.05, 0) is 29.8 Å². The number of benzene rings is 2. The number of H-pyrrole nitrogens is 1. The van der Waals surface area contributed by atoms with E-state index in [4.69, 9.17) is 6.42 Å². The Morgan fingerprint density at radius 3 is 2.88 bits per heavy atom. The van der Waals surface area contributed by atoms with E-state index in [1.54, 1.807) is 11.9 Å². The van der Waals surface area contributed by atoms with Crippen molar-refractivity contribution in [1.29, 1.82) is 0 Å². The van der Waals surface area contributed by atoms with Gasteiger partial charge in [0.15, 0.2) is 5.16 Å². The van der Waals surface area contributed by atoms with Gasteiger partial charge in [-0.1, -0.05) is 41.9 Å². The van der Waals surface area contributed by atoms with Crippen LogP contribution < -0.4 is 4.90 Å². The fraction of sp³-hybridized carbons (Fsp3) is 0.105. The Morgan fingerprint density at radius 1 is 1.28 bits per heavy atom. The molecule has 1 amide bonds. The summed E-state index contributed by atoms with van der Waals surface area (Å²) in [6.07, 6.45) is 6.91. The molecule has 0 bridgehead atoms. The van der Waals surface area contributed by atoms with Gasteiger partial charge in [-0.3, -0.25) is 9.89 Å². The Kier molecular flexibility index (Phi) is 5.17. The third-order valence-electron chi connectivity index (χ3n) is 3.71. The van der Waals surface area contributed by atoms with Crippen molar-refractivity contribution in [1.82, 2.24) is 15.2 Å². The Morgan fingerprint density at radius 2 is 2.12 bits per heavy atom. The number of aromatic amines is 1. The third-order valence-corrected chi connectivity index (χ3v) is 4.64. The van der Waals surface area contributed by atoms with Crippen LogP contribution in [0.4, 0.5) is 5.69 Å². The molecule has 0 unspecified atom stereocenters. The number of amides is 1. The lowest BCUT2D eigenvalue weighted by Crippen LogP contribution is -2.27. The highest BCUT2D eigenvalue weighted by Gasteiger charge is 2.17. The highest BCUT2D eigenvalue weighted by atomic mass is 32.2. The summed E-state index contributed by atoms with van der Waals surface area (Å²) in [6.45, 7) is 0. The van der Waals surface area contributed by atoms with Crippen LogP contribution in [-0.2, 0) is 5.75 Å². The molecule has 0 atom stereocenters. The van der Waals surface area contributed by atoms with E-state index < -0.39 is 0 Å². The number of carbonyl (C=O) groups is 1. The summed E-state index contributed by atoms with van der Waals surface area (Å²) in [4.78, 5) is 18.7. The molecule has 0 spiro atoms. The van der Waals surface area contributed by atoms with Crippen molar-refractivity contribution in [2.24, 2.45) is 0 Å². The van der Waals surface area contributed by atoms with Crippen LogP contribution in [0.15, 0.2) is 60.0 Å². The zero-order valence-electron chi connectivity index (χ0n) is 13.6. The largest absolute Gasteiger partial charge is 0.311 e. The third kappa shape index (κ3) is 3.90. The molecule has 124 valence electrons. The van der Waals surface area contributed by atoms with Crippen molar-refractivity contribution < 1.29 is 4.79 Å².